The molecule has 0 heterocycles. The van der Waals surface area contributed by atoms with Gasteiger partial charge in [-0.15, -0.1) is 0 Å². The van der Waals surface area contributed by atoms with E-state index in [-0.39, 0.29) is 11.7 Å². The lowest BCUT2D eigenvalue weighted by atomic mass is 10.1. The second-order valence-corrected chi connectivity index (χ2v) is 3.66. The Bertz CT molecular complexity index is 157. The zero-order valence-corrected chi connectivity index (χ0v) is 8.35. The molecular formula is C7H12NOS2-. The molecule has 0 atom stereocenters. The van der Waals surface area contributed by atoms with Gasteiger partial charge in [-0.25, -0.2) is 0 Å². The number of hydrogen-bond acceptors (Lipinski definition) is 3. The number of ketones is 1. The van der Waals surface area contributed by atoms with Crippen LogP contribution in [0.3, 0.4) is 0 Å². The molecule has 64 valence electrons. The second kappa shape index (κ2) is 5.43. The predicted molar refractivity (Wildman–Crippen MR) is 52.4 cm³/mol. The van der Waals surface area contributed by atoms with Crippen molar-refractivity contribution in [2.45, 2.75) is 20.3 Å². The predicted octanol–water partition coefficient (Wildman–Crippen LogP) is 1.02. The molecule has 4 heteroatoms. The third-order valence-electron chi connectivity index (χ3n) is 1.28. The maximum absolute atomic E-state index is 11.0. The van der Waals surface area contributed by atoms with E-state index in [1.54, 1.807) is 0 Å². The highest BCUT2D eigenvalue weighted by Gasteiger charge is 2.04. The number of carbonyl (C=O) groups excluding carboxylic acids is 1. The normalized spacial score (nSPS) is 9.73. The van der Waals surface area contributed by atoms with Crippen molar-refractivity contribution in [2.75, 3.05) is 6.54 Å². The van der Waals surface area contributed by atoms with Crippen LogP contribution in [0.2, 0.25) is 0 Å². The molecule has 0 saturated carbocycles. The molecule has 0 amide bonds. The van der Waals surface area contributed by atoms with Crippen LogP contribution in [0.1, 0.15) is 20.3 Å². The summed E-state index contributed by atoms with van der Waals surface area (Å²) in [6.45, 7) is 4.34. The highest BCUT2D eigenvalue weighted by molar-refractivity contribution is 8.00. The van der Waals surface area contributed by atoms with Crippen LogP contribution in [0.25, 0.3) is 0 Å². The molecule has 0 fully saturated rings. The zero-order valence-electron chi connectivity index (χ0n) is 6.72. The van der Waals surface area contributed by atoms with Crippen LogP contribution in [0.5, 0.6) is 0 Å². The van der Waals surface area contributed by atoms with E-state index in [2.05, 4.69) is 30.2 Å². The van der Waals surface area contributed by atoms with E-state index in [0.29, 0.717) is 17.3 Å². The molecule has 0 saturated heterocycles. The first-order valence-corrected chi connectivity index (χ1v) is 4.33. The van der Waals surface area contributed by atoms with Gasteiger partial charge in [0.15, 0.2) is 0 Å². The van der Waals surface area contributed by atoms with Gasteiger partial charge < -0.3 is 30.2 Å². The number of nitrogens with one attached hydrogen (secondary N) is 1. The molecule has 0 bridgehead atoms. The van der Waals surface area contributed by atoms with E-state index in [4.69, 9.17) is 0 Å². The lowest BCUT2D eigenvalue weighted by Crippen LogP contribution is -2.23. The van der Waals surface area contributed by atoms with Gasteiger partial charge in [0, 0.05) is 18.9 Å². The molecule has 1 N–H and O–H groups in total. The molecule has 0 aromatic heterocycles. The highest BCUT2D eigenvalue weighted by atomic mass is 32.1. The number of thiocarbonyl (C=S) groups is 1. The summed E-state index contributed by atoms with van der Waals surface area (Å²) in [6.07, 6.45) is 0.508. The summed E-state index contributed by atoms with van der Waals surface area (Å²) in [7, 11) is 0. The summed E-state index contributed by atoms with van der Waals surface area (Å²) in [5.74, 6) is 0.347. The minimum absolute atomic E-state index is 0.107. The molecule has 0 aromatic rings. The van der Waals surface area contributed by atoms with Gasteiger partial charge >= 0.3 is 0 Å². The lowest BCUT2D eigenvalue weighted by molar-refractivity contribution is -0.121. The van der Waals surface area contributed by atoms with Crippen molar-refractivity contribution >= 4 is 35.0 Å². The number of hydrogen-bond donors (Lipinski definition) is 1. The van der Waals surface area contributed by atoms with Crippen LogP contribution in [-0.4, -0.2) is 16.6 Å². The van der Waals surface area contributed by atoms with E-state index >= 15 is 0 Å². The Hall–Kier alpha value is -0.220. The molecule has 0 aliphatic carbocycles. The average molecular weight is 190 g/mol. The maximum Gasteiger partial charge on any atom is 0.137 e. The molecule has 11 heavy (non-hydrogen) atoms. The monoisotopic (exact) mass is 190 g/mol. The fourth-order valence-electron chi connectivity index (χ4n) is 0.576. The molecule has 0 spiro atoms. The van der Waals surface area contributed by atoms with Crippen LogP contribution >= 0.6 is 12.2 Å². The Kier molecular flexibility index (Phi) is 5.32. The molecule has 0 aliphatic rings. The highest BCUT2D eigenvalue weighted by Crippen LogP contribution is 1.96. The SMILES string of the molecule is CC(C)C(=O)CCNC(=S)[S-]. The van der Waals surface area contributed by atoms with Gasteiger partial charge in [0.25, 0.3) is 0 Å². The van der Waals surface area contributed by atoms with Crippen molar-refractivity contribution in [1.82, 2.24) is 5.32 Å². The number of Topliss-reactive ketones (excluding diaryl/α,β-unsaturated/α-hetero) is 1. The standard InChI is InChI=1S/C7H13NOS2/c1-5(2)6(9)3-4-8-7(10)11/h5H,3-4H2,1-2H3,(H2,8,10,11)/p-1. The first-order valence-electron chi connectivity index (χ1n) is 3.51. The number of rotatable bonds is 4. The van der Waals surface area contributed by atoms with Crippen molar-refractivity contribution in [2.24, 2.45) is 5.92 Å². The van der Waals surface area contributed by atoms with Crippen LogP contribution in [0.15, 0.2) is 0 Å². The topological polar surface area (TPSA) is 29.1 Å². The van der Waals surface area contributed by atoms with Crippen LogP contribution in [0, 0.1) is 5.92 Å². The molecule has 0 rings (SSSR count). The Labute approximate surface area is 78.2 Å². The van der Waals surface area contributed by atoms with Gasteiger partial charge in [-0.3, -0.25) is 4.79 Å². The third kappa shape index (κ3) is 6.19. The van der Waals surface area contributed by atoms with Crippen LogP contribution in [-0.2, 0) is 17.4 Å². The van der Waals surface area contributed by atoms with Gasteiger partial charge in [-0.2, -0.15) is 0 Å². The smallest absolute Gasteiger partial charge is 0.137 e. The Morgan fingerprint density at radius 3 is 2.55 bits per heavy atom. The van der Waals surface area contributed by atoms with Gasteiger partial charge in [0.2, 0.25) is 0 Å². The summed E-state index contributed by atoms with van der Waals surface area (Å²) in [4.78, 5) is 11.0. The summed E-state index contributed by atoms with van der Waals surface area (Å²) >= 11 is 9.21. The molecule has 0 radical (unpaired) electrons. The largest absolute Gasteiger partial charge is 0.412 e. The second-order valence-electron chi connectivity index (χ2n) is 2.59. The third-order valence-corrected chi connectivity index (χ3v) is 1.57. The van der Waals surface area contributed by atoms with Crippen molar-refractivity contribution in [3.05, 3.63) is 0 Å². The first kappa shape index (κ1) is 10.8. The Morgan fingerprint density at radius 2 is 2.18 bits per heavy atom. The Balaban J connectivity index is 3.39. The van der Waals surface area contributed by atoms with Gasteiger partial charge in [-0.05, 0) is 0 Å². The van der Waals surface area contributed by atoms with E-state index in [1.807, 2.05) is 13.8 Å². The minimum atomic E-state index is 0.107. The summed E-state index contributed by atoms with van der Waals surface area (Å²) in [5.41, 5.74) is 0. The van der Waals surface area contributed by atoms with Gasteiger partial charge in [-0.1, -0.05) is 18.2 Å². The molecule has 0 aliphatic heterocycles. The van der Waals surface area contributed by atoms with Crippen LogP contribution in [0.4, 0.5) is 0 Å². The summed E-state index contributed by atoms with van der Waals surface area (Å²) in [6, 6.07) is 0. The number of carbonyl (C=O) groups is 1. The van der Waals surface area contributed by atoms with Crippen molar-refractivity contribution in [3.8, 4) is 0 Å². The van der Waals surface area contributed by atoms with Gasteiger partial charge in [0.1, 0.15) is 5.78 Å². The molecule has 0 unspecified atom stereocenters. The summed E-state index contributed by atoms with van der Waals surface area (Å²) < 4.78 is 0.335. The quantitative estimate of drug-likeness (QED) is 0.529. The molecule has 0 aromatic carbocycles. The van der Waals surface area contributed by atoms with Crippen molar-refractivity contribution in [1.29, 1.82) is 0 Å². The maximum atomic E-state index is 11.0. The Morgan fingerprint density at radius 1 is 1.64 bits per heavy atom. The van der Waals surface area contributed by atoms with E-state index in [1.165, 1.54) is 0 Å². The van der Waals surface area contributed by atoms with E-state index in [9.17, 15) is 4.79 Å². The van der Waals surface area contributed by atoms with E-state index in [0.717, 1.165) is 0 Å². The molecule has 2 nitrogen and oxygen atoms in total. The fraction of sp³-hybridized carbons (Fsp3) is 0.714. The first-order chi connectivity index (χ1) is 5.04. The van der Waals surface area contributed by atoms with Crippen molar-refractivity contribution < 1.29 is 4.79 Å². The zero-order chi connectivity index (χ0) is 8.85. The van der Waals surface area contributed by atoms with Crippen LogP contribution < -0.4 is 5.32 Å². The minimum Gasteiger partial charge on any atom is -0.412 e. The van der Waals surface area contributed by atoms with Gasteiger partial charge in [0.05, 0.1) is 0 Å². The lowest BCUT2D eigenvalue weighted by Gasteiger charge is -2.09. The van der Waals surface area contributed by atoms with E-state index < -0.39 is 0 Å². The average Bonchev–Trinajstić information content (AvgIpc) is 1.86. The summed E-state index contributed by atoms with van der Waals surface area (Å²) in [5, 5.41) is 2.76. The fourth-order valence-corrected chi connectivity index (χ4v) is 0.781. The van der Waals surface area contributed by atoms with Crippen molar-refractivity contribution in [3.63, 3.8) is 0 Å². The molecular weight excluding hydrogens is 178 g/mol.